The first-order chi connectivity index (χ1) is 12.5. The lowest BCUT2D eigenvalue weighted by molar-refractivity contribution is -0.113. The highest BCUT2D eigenvalue weighted by molar-refractivity contribution is 7.99. The van der Waals surface area contributed by atoms with Gasteiger partial charge in [0.25, 0.3) is 0 Å². The van der Waals surface area contributed by atoms with E-state index in [-0.39, 0.29) is 11.7 Å². The molecular weight excluding hydrogens is 415 g/mol. The van der Waals surface area contributed by atoms with Gasteiger partial charge in [-0.15, -0.1) is 5.10 Å². The first-order valence-corrected chi connectivity index (χ1v) is 9.65. The van der Waals surface area contributed by atoms with Crippen LogP contribution in [0.3, 0.4) is 0 Å². The zero-order valence-corrected chi connectivity index (χ0v) is 16.4. The van der Waals surface area contributed by atoms with Gasteiger partial charge >= 0.3 is 0 Å². The van der Waals surface area contributed by atoms with Crippen LogP contribution >= 0.6 is 46.6 Å². The predicted molar refractivity (Wildman–Crippen MR) is 106 cm³/mol. The maximum atomic E-state index is 12.1. The van der Waals surface area contributed by atoms with Gasteiger partial charge in [-0.1, -0.05) is 76.9 Å². The van der Waals surface area contributed by atoms with Crippen molar-refractivity contribution in [2.45, 2.75) is 11.6 Å². The summed E-state index contributed by atoms with van der Waals surface area (Å²) >= 11 is 19.1. The summed E-state index contributed by atoms with van der Waals surface area (Å²) in [7, 11) is 0. The summed E-state index contributed by atoms with van der Waals surface area (Å²) in [6.45, 7) is 0. The van der Waals surface area contributed by atoms with Crippen molar-refractivity contribution in [2.24, 2.45) is 0 Å². The molecule has 0 aliphatic rings. The minimum atomic E-state index is -0.246. The number of hydrogen-bond donors (Lipinski definition) is 2. The van der Waals surface area contributed by atoms with Crippen LogP contribution in [0.4, 0.5) is 5.69 Å². The van der Waals surface area contributed by atoms with Crippen LogP contribution in [0.15, 0.2) is 47.6 Å². The van der Waals surface area contributed by atoms with Gasteiger partial charge in [-0.2, -0.15) is 0 Å². The molecule has 1 heterocycles. The Morgan fingerprint density at radius 2 is 1.81 bits per heavy atom. The smallest absolute Gasteiger partial charge is 0.234 e. The molecule has 0 aliphatic heterocycles. The number of nitrogens with zero attached hydrogens (tertiary/aromatic N) is 2. The molecule has 1 aromatic heterocycles. The number of amides is 1. The number of nitrogens with one attached hydrogen (secondary N) is 2. The molecule has 3 aromatic rings. The quantitative estimate of drug-likeness (QED) is 0.425. The van der Waals surface area contributed by atoms with Crippen LogP contribution in [0, 0.1) is 0 Å². The molecule has 0 fully saturated rings. The van der Waals surface area contributed by atoms with E-state index in [1.807, 2.05) is 30.3 Å². The van der Waals surface area contributed by atoms with E-state index in [0.717, 1.165) is 11.4 Å². The fraction of sp³-hybridized carbons (Fsp3) is 0.118. The summed E-state index contributed by atoms with van der Waals surface area (Å²) < 4.78 is 0. The average Bonchev–Trinajstić information content (AvgIpc) is 3.06. The van der Waals surface area contributed by atoms with Crippen LogP contribution < -0.4 is 5.32 Å². The zero-order chi connectivity index (χ0) is 18.5. The predicted octanol–water partition coefficient (Wildman–Crippen LogP) is 5.09. The average molecular weight is 428 g/mol. The number of benzene rings is 2. The Balaban J connectivity index is 1.54. The fourth-order valence-corrected chi connectivity index (χ4v) is 3.36. The summed E-state index contributed by atoms with van der Waals surface area (Å²) in [6, 6.07) is 12.9. The molecule has 0 aliphatic carbocycles. The molecule has 134 valence electrons. The minimum Gasteiger partial charge on any atom is -0.324 e. The normalized spacial score (nSPS) is 10.7. The van der Waals surface area contributed by atoms with Gasteiger partial charge < -0.3 is 5.32 Å². The van der Waals surface area contributed by atoms with Crippen molar-refractivity contribution in [1.82, 2.24) is 15.2 Å². The maximum absolute atomic E-state index is 12.1. The number of hydrogen-bond acceptors (Lipinski definition) is 4. The lowest BCUT2D eigenvalue weighted by Gasteiger charge is -2.08. The topological polar surface area (TPSA) is 70.7 Å². The second-order valence-corrected chi connectivity index (χ2v) is 7.47. The maximum Gasteiger partial charge on any atom is 0.234 e. The molecule has 0 radical (unpaired) electrons. The summed E-state index contributed by atoms with van der Waals surface area (Å²) in [5, 5.41) is 11.2. The van der Waals surface area contributed by atoms with Crippen LogP contribution in [-0.2, 0) is 11.2 Å². The molecule has 0 unspecified atom stereocenters. The molecule has 0 saturated carbocycles. The summed E-state index contributed by atoms with van der Waals surface area (Å²) in [5.74, 6) is 0.635. The molecule has 0 bridgehead atoms. The van der Waals surface area contributed by atoms with Crippen molar-refractivity contribution >= 4 is 58.2 Å². The van der Waals surface area contributed by atoms with Crippen molar-refractivity contribution in [1.29, 1.82) is 0 Å². The van der Waals surface area contributed by atoms with E-state index in [0.29, 0.717) is 32.3 Å². The van der Waals surface area contributed by atoms with Crippen molar-refractivity contribution in [3.05, 3.63) is 68.9 Å². The number of H-pyrrole nitrogens is 1. The van der Waals surface area contributed by atoms with E-state index in [2.05, 4.69) is 20.5 Å². The van der Waals surface area contributed by atoms with E-state index in [1.54, 1.807) is 0 Å². The van der Waals surface area contributed by atoms with Crippen LogP contribution in [0.5, 0.6) is 0 Å². The van der Waals surface area contributed by atoms with Crippen molar-refractivity contribution in [3.63, 3.8) is 0 Å². The van der Waals surface area contributed by atoms with Crippen molar-refractivity contribution < 1.29 is 4.79 Å². The van der Waals surface area contributed by atoms with Crippen molar-refractivity contribution in [3.8, 4) is 0 Å². The third-order valence-corrected chi connectivity index (χ3v) is 5.22. The lowest BCUT2D eigenvalue weighted by Crippen LogP contribution is -2.14. The van der Waals surface area contributed by atoms with E-state index < -0.39 is 0 Å². The number of rotatable bonds is 6. The van der Waals surface area contributed by atoms with Gasteiger partial charge in [-0.3, -0.25) is 9.89 Å². The number of carbonyl (C=O) groups is 1. The van der Waals surface area contributed by atoms with Gasteiger partial charge in [0.2, 0.25) is 11.1 Å². The zero-order valence-electron chi connectivity index (χ0n) is 13.3. The van der Waals surface area contributed by atoms with Gasteiger partial charge in [-0.25, -0.2) is 4.98 Å². The van der Waals surface area contributed by atoms with Crippen LogP contribution in [0.25, 0.3) is 0 Å². The molecule has 0 atom stereocenters. The molecule has 0 saturated heterocycles. The second kappa shape index (κ2) is 8.77. The summed E-state index contributed by atoms with van der Waals surface area (Å²) in [5.41, 5.74) is 1.54. The minimum absolute atomic E-state index is 0.138. The molecule has 2 N–H and O–H groups in total. The number of thioether (sulfide) groups is 1. The Kier molecular flexibility index (Phi) is 6.43. The third-order valence-electron chi connectivity index (χ3n) is 3.34. The molecule has 9 heteroatoms. The number of aromatic nitrogens is 3. The van der Waals surface area contributed by atoms with Gasteiger partial charge in [0, 0.05) is 6.42 Å². The third kappa shape index (κ3) is 5.14. The molecule has 0 spiro atoms. The summed E-state index contributed by atoms with van der Waals surface area (Å²) in [6.07, 6.45) is 0.652. The molecule has 5 nitrogen and oxygen atoms in total. The Hall–Kier alpha value is -1.73. The number of halogens is 3. The highest BCUT2D eigenvalue weighted by atomic mass is 35.5. The number of carbonyl (C=O) groups excluding carboxylic acids is 1. The van der Waals surface area contributed by atoms with Gasteiger partial charge in [-0.05, 0) is 17.7 Å². The molecule has 26 heavy (non-hydrogen) atoms. The molecule has 3 rings (SSSR count). The Bertz CT molecular complexity index is 918. The highest BCUT2D eigenvalue weighted by Gasteiger charge is 2.12. The Morgan fingerprint density at radius 3 is 2.58 bits per heavy atom. The second-order valence-electron chi connectivity index (χ2n) is 5.31. The SMILES string of the molecule is O=C(CSc1n[nH]c(Cc2ccccc2)n1)Nc1cc(Cl)c(Cl)cc1Cl. The van der Waals surface area contributed by atoms with Gasteiger partial charge in [0.05, 0.1) is 26.5 Å². The standard InChI is InChI=1S/C17H13Cl3N4OS/c18-11-7-13(20)14(8-12(11)19)21-16(25)9-26-17-22-15(23-24-17)6-10-4-2-1-3-5-10/h1-5,7-8H,6,9H2,(H,21,25)(H,22,23,24). The van der Waals surface area contributed by atoms with Gasteiger partial charge in [0.1, 0.15) is 5.82 Å². The Labute approximate surface area is 169 Å². The number of aromatic amines is 1. The van der Waals surface area contributed by atoms with E-state index >= 15 is 0 Å². The lowest BCUT2D eigenvalue weighted by atomic mass is 10.1. The molecular formula is C17H13Cl3N4OS. The van der Waals surface area contributed by atoms with Crippen LogP contribution in [-0.4, -0.2) is 26.8 Å². The Morgan fingerprint density at radius 1 is 1.08 bits per heavy atom. The molecule has 2 aromatic carbocycles. The highest BCUT2D eigenvalue weighted by Crippen LogP contribution is 2.32. The van der Waals surface area contributed by atoms with Crippen LogP contribution in [0.1, 0.15) is 11.4 Å². The van der Waals surface area contributed by atoms with Crippen LogP contribution in [0.2, 0.25) is 15.1 Å². The van der Waals surface area contributed by atoms with E-state index in [1.165, 1.54) is 23.9 Å². The number of anilines is 1. The molecule has 1 amide bonds. The first-order valence-electron chi connectivity index (χ1n) is 7.53. The largest absolute Gasteiger partial charge is 0.324 e. The fourth-order valence-electron chi connectivity index (χ4n) is 2.15. The van der Waals surface area contributed by atoms with Crippen molar-refractivity contribution in [2.75, 3.05) is 11.1 Å². The van der Waals surface area contributed by atoms with Gasteiger partial charge in [0.15, 0.2) is 0 Å². The summed E-state index contributed by atoms with van der Waals surface area (Å²) in [4.78, 5) is 16.5. The first kappa shape index (κ1) is 19.0. The van der Waals surface area contributed by atoms with E-state index in [4.69, 9.17) is 34.8 Å². The monoisotopic (exact) mass is 426 g/mol. The van der Waals surface area contributed by atoms with E-state index in [9.17, 15) is 4.79 Å².